The van der Waals surface area contributed by atoms with E-state index >= 15 is 0 Å². The molecular weight excluding hydrogens is 861 g/mol. The molecule has 0 bridgehead atoms. The molecule has 70 heavy (non-hydrogen) atoms. The molecule has 0 heterocycles. The molecule has 0 amide bonds. The predicted molar refractivity (Wildman–Crippen MR) is 306 cm³/mol. The SMILES string of the molecule is CC/C=C\C/C=C\C/C=C\C/C=C\C/C=C\CCCCCC(=O)OC(CO)COC(=O)CCCCCCCCCCCCCCCCCCCCCCCCCCC/C=C\C/C=C\CCCCCCC. The Bertz CT molecular complexity index is 1290. The Labute approximate surface area is 435 Å². The summed E-state index contributed by atoms with van der Waals surface area (Å²) in [5, 5.41) is 9.64. The normalized spacial score (nSPS) is 12.8. The molecule has 5 nitrogen and oxygen atoms in total. The van der Waals surface area contributed by atoms with Gasteiger partial charge in [0.05, 0.1) is 6.61 Å². The maximum absolute atomic E-state index is 12.3. The van der Waals surface area contributed by atoms with Crippen molar-refractivity contribution in [3.05, 3.63) is 85.1 Å². The highest BCUT2D eigenvalue weighted by atomic mass is 16.6. The zero-order chi connectivity index (χ0) is 50.6. The van der Waals surface area contributed by atoms with Gasteiger partial charge in [0.2, 0.25) is 0 Å². The van der Waals surface area contributed by atoms with Gasteiger partial charge in [-0.2, -0.15) is 0 Å². The first kappa shape index (κ1) is 67.1. The quantitative estimate of drug-likeness (QED) is 0.0373. The van der Waals surface area contributed by atoms with Crippen LogP contribution < -0.4 is 0 Å². The predicted octanol–water partition coefficient (Wildman–Crippen LogP) is 20.5. The van der Waals surface area contributed by atoms with Gasteiger partial charge >= 0.3 is 11.9 Å². The minimum absolute atomic E-state index is 0.0804. The van der Waals surface area contributed by atoms with Crippen LogP contribution in [0.15, 0.2) is 85.1 Å². The third-order valence-corrected chi connectivity index (χ3v) is 13.2. The first-order valence-electron chi connectivity index (χ1n) is 30.1. The van der Waals surface area contributed by atoms with Crippen molar-refractivity contribution in [2.24, 2.45) is 0 Å². The summed E-state index contributed by atoms with van der Waals surface area (Å²) in [6.07, 6.45) is 84.5. The van der Waals surface area contributed by atoms with Gasteiger partial charge in [-0.15, -0.1) is 0 Å². The number of carbonyl (C=O) groups is 2. The average Bonchev–Trinajstić information content (AvgIpc) is 3.36. The summed E-state index contributed by atoms with van der Waals surface area (Å²) in [7, 11) is 0. The van der Waals surface area contributed by atoms with Gasteiger partial charge in [0, 0.05) is 12.8 Å². The number of hydrogen-bond acceptors (Lipinski definition) is 5. The number of carbonyl (C=O) groups excluding carboxylic acids is 2. The van der Waals surface area contributed by atoms with E-state index in [0.717, 1.165) is 83.5 Å². The standard InChI is InChI=1S/C65H114O5/c1-3-5-7-9-11-13-15-17-19-21-23-24-25-26-27-28-29-30-31-32-33-34-35-36-37-38-39-40-42-43-45-47-49-51-53-55-57-59-64(67)69-62-63(61-66)70-65(68)60-58-56-54-52-50-48-46-44-41-22-20-18-16-14-12-10-8-6-4-2/h6,8,12,14-15,17-18,20-21,23,41,44,48,50,63,66H,3-5,7,9-11,13,16,19,22,24-40,42-43,45-47,49,51-62H2,1-2H3/b8-6-,14-12-,17-15-,20-18-,23-21-,44-41-,50-48-. The third-order valence-electron chi connectivity index (χ3n) is 13.2. The van der Waals surface area contributed by atoms with Gasteiger partial charge in [0.1, 0.15) is 6.61 Å². The van der Waals surface area contributed by atoms with E-state index in [1.807, 2.05) is 0 Å². The molecule has 0 aliphatic carbocycles. The van der Waals surface area contributed by atoms with Crippen LogP contribution >= 0.6 is 0 Å². The number of allylic oxidation sites excluding steroid dienone is 14. The molecule has 0 radical (unpaired) electrons. The van der Waals surface area contributed by atoms with Gasteiger partial charge in [0.15, 0.2) is 6.10 Å². The van der Waals surface area contributed by atoms with Crippen molar-refractivity contribution in [2.45, 2.75) is 302 Å². The smallest absolute Gasteiger partial charge is 0.306 e. The summed E-state index contributed by atoms with van der Waals surface area (Å²) in [5.41, 5.74) is 0. The molecule has 404 valence electrons. The molecule has 0 aliphatic rings. The molecule has 0 aromatic heterocycles. The zero-order valence-corrected chi connectivity index (χ0v) is 46.3. The van der Waals surface area contributed by atoms with Gasteiger partial charge < -0.3 is 14.6 Å². The van der Waals surface area contributed by atoms with E-state index in [4.69, 9.17) is 9.47 Å². The maximum atomic E-state index is 12.3. The molecule has 1 unspecified atom stereocenters. The molecule has 0 aliphatic heterocycles. The largest absolute Gasteiger partial charge is 0.462 e. The fraction of sp³-hybridized carbons (Fsp3) is 0.754. The number of rotatable bonds is 55. The number of hydrogen-bond donors (Lipinski definition) is 1. The summed E-state index contributed by atoms with van der Waals surface area (Å²) < 4.78 is 10.7. The number of unbranched alkanes of at least 4 members (excludes halogenated alkanes) is 33. The molecule has 0 spiro atoms. The van der Waals surface area contributed by atoms with E-state index in [0.29, 0.717) is 12.8 Å². The monoisotopic (exact) mass is 975 g/mol. The zero-order valence-electron chi connectivity index (χ0n) is 46.3. The molecule has 0 saturated heterocycles. The van der Waals surface area contributed by atoms with Gasteiger partial charge in [0.25, 0.3) is 0 Å². The van der Waals surface area contributed by atoms with Crippen LogP contribution in [0.4, 0.5) is 0 Å². The van der Waals surface area contributed by atoms with E-state index < -0.39 is 6.10 Å². The van der Waals surface area contributed by atoms with Crippen molar-refractivity contribution in [1.29, 1.82) is 0 Å². The number of ether oxygens (including phenoxy) is 2. The highest BCUT2D eigenvalue weighted by Crippen LogP contribution is 2.17. The lowest BCUT2D eigenvalue weighted by molar-refractivity contribution is -0.161. The van der Waals surface area contributed by atoms with Crippen molar-refractivity contribution in [3.8, 4) is 0 Å². The molecule has 0 fully saturated rings. The van der Waals surface area contributed by atoms with Crippen molar-refractivity contribution >= 4 is 11.9 Å². The van der Waals surface area contributed by atoms with Crippen LogP contribution in [0.5, 0.6) is 0 Å². The fourth-order valence-electron chi connectivity index (χ4n) is 8.67. The van der Waals surface area contributed by atoms with Crippen molar-refractivity contribution in [1.82, 2.24) is 0 Å². The second-order valence-electron chi connectivity index (χ2n) is 20.0. The molecule has 0 aromatic carbocycles. The summed E-state index contributed by atoms with van der Waals surface area (Å²) in [6.45, 7) is 4.01. The van der Waals surface area contributed by atoms with E-state index in [1.165, 1.54) is 186 Å². The van der Waals surface area contributed by atoms with E-state index in [-0.39, 0.29) is 25.2 Å². The summed E-state index contributed by atoms with van der Waals surface area (Å²) in [6, 6.07) is 0. The van der Waals surface area contributed by atoms with Gasteiger partial charge in [-0.1, -0.05) is 279 Å². The first-order chi connectivity index (χ1) is 34.6. The number of aliphatic hydroxyl groups is 1. The van der Waals surface area contributed by atoms with Crippen LogP contribution in [0.2, 0.25) is 0 Å². The highest BCUT2D eigenvalue weighted by molar-refractivity contribution is 5.70. The van der Waals surface area contributed by atoms with E-state index in [2.05, 4.69) is 98.9 Å². The summed E-state index contributed by atoms with van der Waals surface area (Å²) in [5.74, 6) is -0.622. The van der Waals surface area contributed by atoms with Crippen LogP contribution in [0.25, 0.3) is 0 Å². The second kappa shape index (κ2) is 60.4. The lowest BCUT2D eigenvalue weighted by Gasteiger charge is -2.15. The lowest BCUT2D eigenvalue weighted by atomic mass is 10.0. The number of aliphatic hydroxyl groups excluding tert-OH is 1. The number of esters is 2. The van der Waals surface area contributed by atoms with Crippen LogP contribution in [-0.2, 0) is 19.1 Å². The summed E-state index contributed by atoms with van der Waals surface area (Å²) in [4.78, 5) is 24.5. The summed E-state index contributed by atoms with van der Waals surface area (Å²) >= 11 is 0. The molecule has 1 atom stereocenters. The van der Waals surface area contributed by atoms with Gasteiger partial charge in [-0.05, 0) is 89.9 Å². The third kappa shape index (κ3) is 57.7. The Hall–Kier alpha value is -2.92. The molecule has 0 saturated carbocycles. The average molecular weight is 976 g/mol. The van der Waals surface area contributed by atoms with Crippen LogP contribution in [0.1, 0.15) is 296 Å². The Morgan fingerprint density at radius 3 is 0.943 bits per heavy atom. The topological polar surface area (TPSA) is 72.8 Å². The molecule has 0 aromatic rings. The Morgan fingerprint density at radius 1 is 0.343 bits per heavy atom. The molecule has 1 N–H and O–H groups in total. The van der Waals surface area contributed by atoms with Crippen LogP contribution in [0.3, 0.4) is 0 Å². The Morgan fingerprint density at radius 2 is 0.614 bits per heavy atom. The minimum atomic E-state index is -0.793. The van der Waals surface area contributed by atoms with E-state index in [9.17, 15) is 14.7 Å². The van der Waals surface area contributed by atoms with Gasteiger partial charge in [-0.25, -0.2) is 0 Å². The molecule has 5 heteroatoms. The van der Waals surface area contributed by atoms with Crippen molar-refractivity contribution < 1.29 is 24.2 Å². The highest BCUT2D eigenvalue weighted by Gasteiger charge is 2.16. The molecule has 0 rings (SSSR count). The van der Waals surface area contributed by atoms with E-state index in [1.54, 1.807) is 0 Å². The molecular formula is C65H114O5. The van der Waals surface area contributed by atoms with Crippen molar-refractivity contribution in [2.75, 3.05) is 13.2 Å². The fourth-order valence-corrected chi connectivity index (χ4v) is 8.67. The van der Waals surface area contributed by atoms with Gasteiger partial charge in [-0.3, -0.25) is 9.59 Å². The Balaban J connectivity index is 3.44. The van der Waals surface area contributed by atoms with Crippen molar-refractivity contribution in [3.63, 3.8) is 0 Å². The minimum Gasteiger partial charge on any atom is -0.462 e. The lowest BCUT2D eigenvalue weighted by Crippen LogP contribution is -2.28. The maximum Gasteiger partial charge on any atom is 0.306 e. The first-order valence-corrected chi connectivity index (χ1v) is 30.1. The Kier molecular flexibility index (Phi) is 57.9. The van der Waals surface area contributed by atoms with Crippen LogP contribution in [0, 0.1) is 0 Å². The second-order valence-corrected chi connectivity index (χ2v) is 20.0. The van der Waals surface area contributed by atoms with Crippen LogP contribution in [-0.4, -0.2) is 36.4 Å².